The first-order valence-electron chi connectivity index (χ1n) is 12.1. The van der Waals surface area contributed by atoms with Crippen LogP contribution >= 0.6 is 12.4 Å². The molecule has 1 heterocycles. The van der Waals surface area contributed by atoms with E-state index in [0.717, 1.165) is 43.6 Å². The second-order valence-corrected chi connectivity index (χ2v) is 8.85. The molecule has 1 N–H and O–H groups in total. The smallest absolute Gasteiger partial charge is 0.255 e. The lowest BCUT2D eigenvalue weighted by molar-refractivity contribution is 0.102. The highest BCUT2D eigenvalue weighted by Gasteiger charge is 2.17. The highest BCUT2D eigenvalue weighted by Crippen LogP contribution is 2.27. The highest BCUT2D eigenvalue weighted by atomic mass is 35.5. The first-order chi connectivity index (χ1) is 17.2. The second-order valence-electron chi connectivity index (χ2n) is 8.85. The molecule has 1 aliphatic rings. The van der Waals surface area contributed by atoms with Gasteiger partial charge < -0.3 is 14.6 Å². The van der Waals surface area contributed by atoms with Gasteiger partial charge in [0, 0.05) is 42.0 Å². The molecular weight excluding hydrogens is 470 g/mol. The number of aromatic nitrogens is 1. The molecule has 36 heavy (non-hydrogen) atoms. The number of hydrogen-bond acceptors (Lipinski definition) is 4. The van der Waals surface area contributed by atoms with Crippen molar-refractivity contribution in [1.82, 2.24) is 9.88 Å². The fourth-order valence-corrected chi connectivity index (χ4v) is 4.55. The van der Waals surface area contributed by atoms with Crippen molar-refractivity contribution in [2.45, 2.75) is 26.2 Å². The number of halogens is 1. The highest BCUT2D eigenvalue weighted by molar-refractivity contribution is 6.04. The number of nitrogens with one attached hydrogen (secondary N) is 1. The maximum atomic E-state index is 12.8. The molecule has 184 valence electrons. The summed E-state index contributed by atoms with van der Waals surface area (Å²) in [7, 11) is 0. The minimum absolute atomic E-state index is 0. The third-order valence-corrected chi connectivity index (χ3v) is 6.37. The number of amides is 1. The van der Waals surface area contributed by atoms with E-state index >= 15 is 0 Å². The Morgan fingerprint density at radius 1 is 1.03 bits per heavy atom. The van der Waals surface area contributed by atoms with Gasteiger partial charge in [0.1, 0.15) is 0 Å². The largest absolute Gasteiger partial charge is 0.444 e. The molecule has 0 unspecified atom stereocenters. The molecule has 0 bridgehead atoms. The van der Waals surface area contributed by atoms with E-state index in [-0.39, 0.29) is 18.3 Å². The molecule has 5 rings (SSSR count). The van der Waals surface area contributed by atoms with Gasteiger partial charge in [0.15, 0.2) is 12.2 Å². The fourth-order valence-electron chi connectivity index (χ4n) is 4.55. The first kappa shape index (κ1) is 25.3. The quantitative estimate of drug-likeness (QED) is 0.273. The third-order valence-electron chi connectivity index (χ3n) is 6.37. The van der Waals surface area contributed by atoms with Crippen LogP contribution in [0.4, 0.5) is 5.69 Å². The van der Waals surface area contributed by atoms with E-state index in [1.54, 1.807) is 18.3 Å². The molecule has 0 saturated carbocycles. The average molecular weight is 500 g/mol. The number of rotatable bonds is 9. The Kier molecular flexibility index (Phi) is 8.24. The van der Waals surface area contributed by atoms with E-state index in [2.05, 4.69) is 64.6 Å². The van der Waals surface area contributed by atoms with Crippen LogP contribution in [0.25, 0.3) is 17.4 Å². The topological polar surface area (TPSA) is 58.4 Å². The summed E-state index contributed by atoms with van der Waals surface area (Å²) in [6.45, 7) is 4.22. The number of carbonyl (C=O) groups excluding carboxylic acids is 1. The maximum Gasteiger partial charge on any atom is 0.255 e. The van der Waals surface area contributed by atoms with Crippen molar-refractivity contribution in [3.8, 4) is 11.3 Å². The molecule has 0 aliphatic heterocycles. The number of benzene rings is 3. The van der Waals surface area contributed by atoms with E-state index in [9.17, 15) is 4.79 Å². The predicted molar refractivity (Wildman–Crippen MR) is 147 cm³/mol. The normalized spacial score (nSPS) is 11.9. The molecule has 3 aromatic carbocycles. The van der Waals surface area contributed by atoms with Gasteiger partial charge in [-0.1, -0.05) is 55.5 Å². The predicted octanol–water partition coefficient (Wildman–Crippen LogP) is 6.87. The zero-order valence-electron chi connectivity index (χ0n) is 20.3. The van der Waals surface area contributed by atoms with E-state index in [1.165, 1.54) is 28.8 Å². The molecule has 0 saturated heterocycles. The molecule has 6 heteroatoms. The van der Waals surface area contributed by atoms with Crippen molar-refractivity contribution in [1.29, 1.82) is 0 Å². The van der Waals surface area contributed by atoms with E-state index in [0.29, 0.717) is 11.3 Å². The van der Waals surface area contributed by atoms with Gasteiger partial charge in [0.2, 0.25) is 0 Å². The maximum absolute atomic E-state index is 12.8. The number of nitrogens with zero attached hydrogens (tertiary/aromatic N) is 2. The Morgan fingerprint density at radius 2 is 1.86 bits per heavy atom. The lowest BCUT2D eigenvalue weighted by Gasteiger charge is -2.26. The van der Waals surface area contributed by atoms with E-state index in [4.69, 9.17) is 4.42 Å². The summed E-state index contributed by atoms with van der Waals surface area (Å²) in [6.07, 6.45) is 8.41. The molecule has 1 aromatic heterocycles. The molecular formula is C30H30ClN3O2. The van der Waals surface area contributed by atoms with Gasteiger partial charge in [-0.3, -0.25) is 4.79 Å². The average Bonchev–Trinajstić information content (AvgIpc) is 3.57. The van der Waals surface area contributed by atoms with Crippen molar-refractivity contribution in [2.75, 3.05) is 18.4 Å². The van der Waals surface area contributed by atoms with Gasteiger partial charge in [-0.05, 0) is 59.9 Å². The van der Waals surface area contributed by atoms with Gasteiger partial charge in [-0.25, -0.2) is 4.98 Å². The summed E-state index contributed by atoms with van der Waals surface area (Å²) >= 11 is 0. The van der Waals surface area contributed by atoms with Crippen molar-refractivity contribution < 1.29 is 9.21 Å². The number of anilines is 1. The van der Waals surface area contributed by atoms with E-state index in [1.807, 2.05) is 24.3 Å². The lowest BCUT2D eigenvalue weighted by Crippen LogP contribution is -2.26. The number of hydrogen-bond donors (Lipinski definition) is 1. The van der Waals surface area contributed by atoms with Crippen LogP contribution < -0.4 is 5.32 Å². The van der Waals surface area contributed by atoms with Crippen molar-refractivity contribution >= 4 is 30.1 Å². The number of oxazole rings is 1. The number of allylic oxidation sites excluding steroid dienone is 1. The van der Waals surface area contributed by atoms with Gasteiger partial charge in [0.25, 0.3) is 5.91 Å². The van der Waals surface area contributed by atoms with Crippen LogP contribution in [0, 0.1) is 0 Å². The summed E-state index contributed by atoms with van der Waals surface area (Å²) in [6, 6.07) is 24.1. The fraction of sp³-hybridized carbons (Fsp3) is 0.200. The Morgan fingerprint density at radius 3 is 2.61 bits per heavy atom. The molecule has 0 spiro atoms. The summed E-state index contributed by atoms with van der Waals surface area (Å²) in [5, 5.41) is 3.03. The summed E-state index contributed by atoms with van der Waals surface area (Å²) < 4.78 is 5.31. The molecule has 0 fully saturated rings. The van der Waals surface area contributed by atoms with Crippen molar-refractivity contribution in [3.05, 3.63) is 113 Å². The molecule has 0 radical (unpaired) electrons. The Bertz CT molecular complexity index is 1330. The van der Waals surface area contributed by atoms with Crippen LogP contribution in [0.15, 0.2) is 95.5 Å². The zero-order chi connectivity index (χ0) is 24.0. The molecule has 1 amide bonds. The van der Waals surface area contributed by atoms with Crippen LogP contribution in [0.5, 0.6) is 0 Å². The molecule has 4 aromatic rings. The van der Waals surface area contributed by atoms with Crippen LogP contribution in [-0.2, 0) is 12.8 Å². The number of carbonyl (C=O) groups is 1. The standard InChI is InChI=1S/C30H29N3O2.ClH/c1-2-15-33(28-18-25-7-3-4-8-26(25)19-28)16-14-22-6-5-9-27(17-22)32-30(34)24-12-10-23(11-13-24)29-20-31-21-35-29;/h3-13,17-18,20-21H,2,14-16,19H2,1H3,(H,32,34);1H. The van der Waals surface area contributed by atoms with Gasteiger partial charge >= 0.3 is 0 Å². The van der Waals surface area contributed by atoms with Crippen molar-refractivity contribution in [3.63, 3.8) is 0 Å². The van der Waals surface area contributed by atoms with Crippen LogP contribution in [0.3, 0.4) is 0 Å². The summed E-state index contributed by atoms with van der Waals surface area (Å²) in [5.74, 6) is 0.548. The van der Waals surface area contributed by atoms with Gasteiger partial charge in [0.05, 0.1) is 6.20 Å². The first-order valence-corrected chi connectivity index (χ1v) is 12.1. The zero-order valence-corrected chi connectivity index (χ0v) is 21.1. The molecule has 1 aliphatic carbocycles. The Labute approximate surface area is 218 Å². The SMILES string of the molecule is CCCN(CCc1cccc(NC(=O)c2ccc(-c3cnco3)cc2)c1)C1=Cc2ccccc2C1.Cl. The van der Waals surface area contributed by atoms with Crippen LogP contribution in [0.2, 0.25) is 0 Å². The minimum atomic E-state index is -0.132. The van der Waals surface area contributed by atoms with Crippen LogP contribution in [-0.4, -0.2) is 28.9 Å². The Hall–Kier alpha value is -3.83. The molecule has 5 nitrogen and oxygen atoms in total. The molecule has 0 atom stereocenters. The van der Waals surface area contributed by atoms with Gasteiger partial charge in [-0.15, -0.1) is 12.4 Å². The van der Waals surface area contributed by atoms with Crippen LogP contribution in [0.1, 0.15) is 40.4 Å². The van der Waals surface area contributed by atoms with Crippen molar-refractivity contribution in [2.24, 2.45) is 0 Å². The third kappa shape index (κ3) is 5.86. The minimum Gasteiger partial charge on any atom is -0.444 e. The van der Waals surface area contributed by atoms with Gasteiger partial charge in [-0.2, -0.15) is 0 Å². The monoisotopic (exact) mass is 499 g/mol. The summed E-state index contributed by atoms with van der Waals surface area (Å²) in [4.78, 5) is 19.2. The second kappa shape index (κ2) is 11.7. The van der Waals surface area contributed by atoms with E-state index < -0.39 is 0 Å². The lowest BCUT2D eigenvalue weighted by atomic mass is 10.1. The summed E-state index contributed by atoms with van der Waals surface area (Å²) in [5.41, 5.74) is 7.64. The Balaban J connectivity index is 0.00000304. The number of fused-ring (bicyclic) bond motifs is 1.